The van der Waals surface area contributed by atoms with E-state index < -0.39 is 0 Å². The molecule has 3 rings (SSSR count). The van der Waals surface area contributed by atoms with E-state index in [0.29, 0.717) is 18.7 Å². The number of benzene rings is 1. The Labute approximate surface area is 139 Å². The maximum absolute atomic E-state index is 12.4. The summed E-state index contributed by atoms with van der Waals surface area (Å²) >= 11 is 0. The van der Waals surface area contributed by atoms with Gasteiger partial charge in [-0.05, 0) is 44.7 Å². The zero-order valence-electron chi connectivity index (χ0n) is 14.1. The van der Waals surface area contributed by atoms with Crippen LogP contribution >= 0.6 is 0 Å². The number of hydrogen-bond donors (Lipinski definition) is 0. The number of nitrogens with zero attached hydrogens (tertiary/aromatic N) is 2. The highest BCUT2D eigenvalue weighted by Gasteiger charge is 2.39. The van der Waals surface area contributed by atoms with E-state index in [9.17, 15) is 4.79 Å². The fourth-order valence-electron chi connectivity index (χ4n) is 4.08. The number of rotatable bonds is 6. The van der Waals surface area contributed by atoms with Crippen molar-refractivity contribution in [3.05, 3.63) is 35.9 Å². The molecule has 1 aromatic carbocycles. The van der Waals surface area contributed by atoms with Crippen molar-refractivity contribution in [1.29, 1.82) is 0 Å². The molecule has 2 aliphatic heterocycles. The second-order valence-electron chi connectivity index (χ2n) is 6.60. The lowest BCUT2D eigenvalue weighted by Crippen LogP contribution is -2.49. The van der Waals surface area contributed by atoms with E-state index in [2.05, 4.69) is 40.1 Å². The van der Waals surface area contributed by atoms with E-state index in [0.717, 1.165) is 32.5 Å². The monoisotopic (exact) mass is 316 g/mol. The lowest BCUT2D eigenvalue weighted by Gasteiger charge is -2.35. The lowest BCUT2D eigenvalue weighted by atomic mass is 10.0. The predicted molar refractivity (Wildman–Crippen MR) is 91.1 cm³/mol. The minimum absolute atomic E-state index is 0.168. The average Bonchev–Trinajstić information content (AvgIpc) is 3.22. The molecule has 2 aliphatic rings. The highest BCUT2D eigenvalue weighted by atomic mass is 16.5. The molecular weight excluding hydrogens is 288 g/mol. The van der Waals surface area contributed by atoms with E-state index >= 15 is 0 Å². The van der Waals surface area contributed by atoms with Gasteiger partial charge in [0.1, 0.15) is 6.61 Å². The van der Waals surface area contributed by atoms with Crippen LogP contribution in [0.2, 0.25) is 0 Å². The molecule has 0 spiro atoms. The highest BCUT2D eigenvalue weighted by molar-refractivity contribution is 5.78. The normalized spacial score (nSPS) is 25.2. The van der Waals surface area contributed by atoms with Crippen LogP contribution in [0.3, 0.4) is 0 Å². The van der Waals surface area contributed by atoms with Crippen molar-refractivity contribution in [3.63, 3.8) is 0 Å². The van der Waals surface area contributed by atoms with Gasteiger partial charge in [0.05, 0.1) is 0 Å². The standard InChI is InChI=1S/C19H28N2O2/c1-2-23-15-19(22)21-13-7-11-18(21)17-10-6-12-20(17)14-16-8-4-3-5-9-16/h3-5,8-9,17-18H,2,6-7,10-15H2,1H3/t17-,18+/m1/s1. The van der Waals surface area contributed by atoms with Crippen LogP contribution in [0.15, 0.2) is 30.3 Å². The highest BCUT2D eigenvalue weighted by Crippen LogP contribution is 2.31. The van der Waals surface area contributed by atoms with Gasteiger partial charge >= 0.3 is 0 Å². The van der Waals surface area contributed by atoms with Gasteiger partial charge in [-0.15, -0.1) is 0 Å². The molecule has 0 unspecified atom stereocenters. The van der Waals surface area contributed by atoms with Crippen LogP contribution in [-0.2, 0) is 16.1 Å². The first-order valence-electron chi connectivity index (χ1n) is 8.94. The average molecular weight is 316 g/mol. The number of carbonyl (C=O) groups is 1. The van der Waals surface area contributed by atoms with E-state index in [1.807, 2.05) is 6.92 Å². The summed E-state index contributed by atoms with van der Waals surface area (Å²) in [4.78, 5) is 17.1. The summed E-state index contributed by atoms with van der Waals surface area (Å²) in [7, 11) is 0. The van der Waals surface area contributed by atoms with Crippen LogP contribution in [0.4, 0.5) is 0 Å². The minimum Gasteiger partial charge on any atom is -0.372 e. The summed E-state index contributed by atoms with van der Waals surface area (Å²) in [6, 6.07) is 11.5. The molecule has 0 N–H and O–H groups in total. The second kappa shape index (κ2) is 7.93. The Morgan fingerprint density at radius 2 is 1.87 bits per heavy atom. The first-order chi connectivity index (χ1) is 11.3. The van der Waals surface area contributed by atoms with Gasteiger partial charge in [-0.3, -0.25) is 9.69 Å². The molecule has 1 aromatic rings. The zero-order chi connectivity index (χ0) is 16.1. The molecule has 1 amide bonds. The molecule has 0 radical (unpaired) electrons. The fraction of sp³-hybridized carbons (Fsp3) is 0.632. The van der Waals surface area contributed by atoms with Gasteiger partial charge in [-0.2, -0.15) is 0 Å². The van der Waals surface area contributed by atoms with Crippen LogP contribution in [0.25, 0.3) is 0 Å². The van der Waals surface area contributed by atoms with Gasteiger partial charge in [0.25, 0.3) is 0 Å². The van der Waals surface area contributed by atoms with E-state index in [-0.39, 0.29) is 12.5 Å². The Kier molecular flexibility index (Phi) is 5.68. The quantitative estimate of drug-likeness (QED) is 0.809. The van der Waals surface area contributed by atoms with Crippen molar-refractivity contribution < 1.29 is 9.53 Å². The van der Waals surface area contributed by atoms with Crippen LogP contribution in [-0.4, -0.2) is 54.1 Å². The van der Waals surface area contributed by atoms with Crippen LogP contribution in [0.5, 0.6) is 0 Å². The summed E-state index contributed by atoms with van der Waals surface area (Å²) in [5.41, 5.74) is 1.37. The van der Waals surface area contributed by atoms with Gasteiger partial charge in [0.15, 0.2) is 0 Å². The minimum atomic E-state index is 0.168. The summed E-state index contributed by atoms with van der Waals surface area (Å²) in [6.45, 7) is 5.81. The molecule has 0 aliphatic carbocycles. The first kappa shape index (κ1) is 16.5. The molecule has 2 fully saturated rings. The SMILES string of the molecule is CCOCC(=O)N1CCC[C@H]1[C@H]1CCCN1Cc1ccccc1. The van der Waals surface area contributed by atoms with Crippen molar-refractivity contribution in [3.8, 4) is 0 Å². The van der Waals surface area contributed by atoms with Gasteiger partial charge in [-0.1, -0.05) is 30.3 Å². The van der Waals surface area contributed by atoms with Crippen LogP contribution in [0, 0.1) is 0 Å². The van der Waals surface area contributed by atoms with Gasteiger partial charge in [-0.25, -0.2) is 0 Å². The Hall–Kier alpha value is -1.39. The number of ether oxygens (including phenoxy) is 1. The molecule has 2 saturated heterocycles. The van der Waals surface area contributed by atoms with Gasteiger partial charge < -0.3 is 9.64 Å². The predicted octanol–water partition coefficient (Wildman–Crippen LogP) is 2.68. The van der Waals surface area contributed by atoms with E-state index in [1.165, 1.54) is 18.4 Å². The maximum atomic E-state index is 12.4. The van der Waals surface area contributed by atoms with E-state index in [4.69, 9.17) is 4.74 Å². The van der Waals surface area contributed by atoms with Crippen LogP contribution in [0.1, 0.15) is 38.2 Å². The van der Waals surface area contributed by atoms with E-state index in [1.54, 1.807) is 0 Å². The molecule has 2 heterocycles. The molecule has 0 aromatic heterocycles. The topological polar surface area (TPSA) is 32.8 Å². The molecule has 2 atom stereocenters. The molecule has 0 saturated carbocycles. The van der Waals surface area contributed by atoms with Crippen LogP contribution < -0.4 is 0 Å². The molecule has 4 heteroatoms. The fourth-order valence-corrected chi connectivity index (χ4v) is 4.08. The molecule has 126 valence electrons. The molecular formula is C19H28N2O2. The van der Waals surface area contributed by atoms with Crippen molar-refractivity contribution >= 4 is 5.91 Å². The first-order valence-corrected chi connectivity index (χ1v) is 8.94. The number of hydrogen-bond acceptors (Lipinski definition) is 3. The van der Waals surface area contributed by atoms with Crippen molar-refractivity contribution in [2.24, 2.45) is 0 Å². The third-order valence-corrected chi connectivity index (χ3v) is 5.14. The third-order valence-electron chi connectivity index (χ3n) is 5.14. The summed E-state index contributed by atoms with van der Waals surface area (Å²) in [6.07, 6.45) is 4.70. The molecule has 4 nitrogen and oxygen atoms in total. The van der Waals surface area contributed by atoms with Crippen molar-refractivity contribution in [2.45, 2.75) is 51.2 Å². The molecule has 0 bridgehead atoms. The Balaban J connectivity index is 1.65. The number of likely N-dealkylation sites (tertiary alicyclic amines) is 2. The smallest absolute Gasteiger partial charge is 0.248 e. The summed E-state index contributed by atoms with van der Waals surface area (Å²) in [5, 5.41) is 0. The maximum Gasteiger partial charge on any atom is 0.248 e. The molecule has 23 heavy (non-hydrogen) atoms. The largest absolute Gasteiger partial charge is 0.372 e. The van der Waals surface area contributed by atoms with Gasteiger partial charge in [0, 0.05) is 31.8 Å². The van der Waals surface area contributed by atoms with Crippen molar-refractivity contribution in [2.75, 3.05) is 26.3 Å². The Morgan fingerprint density at radius 3 is 2.65 bits per heavy atom. The van der Waals surface area contributed by atoms with Crippen molar-refractivity contribution in [1.82, 2.24) is 9.80 Å². The third kappa shape index (κ3) is 3.93. The lowest BCUT2D eigenvalue weighted by molar-refractivity contribution is -0.137. The second-order valence-corrected chi connectivity index (χ2v) is 6.60. The summed E-state index contributed by atoms with van der Waals surface area (Å²) < 4.78 is 5.34. The van der Waals surface area contributed by atoms with Gasteiger partial charge in [0.2, 0.25) is 5.91 Å². The number of amides is 1. The number of carbonyl (C=O) groups excluding carboxylic acids is 1. The Morgan fingerprint density at radius 1 is 1.13 bits per heavy atom. The summed E-state index contributed by atoms with van der Waals surface area (Å²) in [5.74, 6) is 0.168. The Bertz CT molecular complexity index is 505. The zero-order valence-corrected chi connectivity index (χ0v) is 14.1.